The lowest BCUT2D eigenvalue weighted by atomic mass is 10.3. The van der Waals surface area contributed by atoms with Crippen LogP contribution in [0.4, 0.5) is 11.6 Å². The van der Waals surface area contributed by atoms with Gasteiger partial charge in [-0.15, -0.1) is 0 Å². The molecule has 0 saturated heterocycles. The number of anilines is 2. The van der Waals surface area contributed by atoms with Crippen molar-refractivity contribution < 1.29 is 0 Å². The standard InChI is InChI=1S/C12H22N4/c1-5-7-16(10(3)4)12-8-11(13-6-2)14-9-15-12/h8-10H,5-7H2,1-4H3,(H,13,14,15). The van der Waals surface area contributed by atoms with Crippen molar-refractivity contribution in [3.63, 3.8) is 0 Å². The van der Waals surface area contributed by atoms with Gasteiger partial charge in [0.15, 0.2) is 0 Å². The first-order chi connectivity index (χ1) is 7.69. The Morgan fingerprint density at radius 2 is 2.06 bits per heavy atom. The molecule has 4 nitrogen and oxygen atoms in total. The largest absolute Gasteiger partial charge is 0.370 e. The van der Waals surface area contributed by atoms with Gasteiger partial charge in [0.1, 0.15) is 18.0 Å². The first-order valence-corrected chi connectivity index (χ1v) is 6.01. The SMILES string of the molecule is CCCN(c1cc(NCC)ncn1)C(C)C. The first kappa shape index (κ1) is 12.7. The molecule has 0 saturated carbocycles. The summed E-state index contributed by atoms with van der Waals surface area (Å²) in [6, 6.07) is 2.48. The van der Waals surface area contributed by atoms with Crippen molar-refractivity contribution in [2.45, 2.75) is 40.2 Å². The molecular formula is C12H22N4. The summed E-state index contributed by atoms with van der Waals surface area (Å²) in [7, 11) is 0. The highest BCUT2D eigenvalue weighted by Gasteiger charge is 2.11. The second-order valence-electron chi connectivity index (χ2n) is 4.08. The van der Waals surface area contributed by atoms with Gasteiger partial charge in [0.2, 0.25) is 0 Å². The number of hydrogen-bond donors (Lipinski definition) is 1. The molecule has 0 spiro atoms. The summed E-state index contributed by atoms with van der Waals surface area (Å²) in [6.07, 6.45) is 2.75. The fourth-order valence-electron chi connectivity index (χ4n) is 1.66. The van der Waals surface area contributed by atoms with Crippen LogP contribution in [0.3, 0.4) is 0 Å². The highest BCUT2D eigenvalue weighted by molar-refractivity contribution is 5.48. The van der Waals surface area contributed by atoms with Crippen molar-refractivity contribution in [1.82, 2.24) is 9.97 Å². The van der Waals surface area contributed by atoms with Crippen molar-refractivity contribution in [1.29, 1.82) is 0 Å². The molecule has 0 atom stereocenters. The molecule has 0 fully saturated rings. The van der Waals surface area contributed by atoms with Gasteiger partial charge in [-0.2, -0.15) is 0 Å². The molecule has 0 amide bonds. The van der Waals surface area contributed by atoms with Gasteiger partial charge in [0.25, 0.3) is 0 Å². The van der Waals surface area contributed by atoms with Crippen LogP contribution < -0.4 is 10.2 Å². The molecule has 1 aromatic rings. The summed E-state index contributed by atoms with van der Waals surface area (Å²) in [5, 5.41) is 3.21. The molecule has 1 N–H and O–H groups in total. The van der Waals surface area contributed by atoms with Crippen LogP contribution in [0, 0.1) is 0 Å². The molecule has 0 aliphatic rings. The number of hydrogen-bond acceptors (Lipinski definition) is 4. The second kappa shape index (κ2) is 6.30. The van der Waals surface area contributed by atoms with Crippen LogP contribution in [0.5, 0.6) is 0 Å². The van der Waals surface area contributed by atoms with E-state index >= 15 is 0 Å². The average molecular weight is 222 g/mol. The summed E-state index contributed by atoms with van der Waals surface area (Å²) in [6.45, 7) is 10.5. The van der Waals surface area contributed by atoms with E-state index in [2.05, 4.69) is 47.9 Å². The molecular weight excluding hydrogens is 200 g/mol. The molecule has 1 aromatic heterocycles. The number of nitrogens with zero attached hydrogens (tertiary/aromatic N) is 3. The van der Waals surface area contributed by atoms with Crippen molar-refractivity contribution in [3.05, 3.63) is 12.4 Å². The predicted octanol–water partition coefficient (Wildman–Crippen LogP) is 2.53. The zero-order valence-electron chi connectivity index (χ0n) is 10.7. The zero-order valence-corrected chi connectivity index (χ0v) is 10.7. The van der Waals surface area contributed by atoms with Gasteiger partial charge in [0, 0.05) is 25.2 Å². The van der Waals surface area contributed by atoms with E-state index in [1.54, 1.807) is 6.33 Å². The Bertz CT molecular complexity index is 312. The van der Waals surface area contributed by atoms with E-state index in [0.29, 0.717) is 6.04 Å². The molecule has 0 bridgehead atoms. The van der Waals surface area contributed by atoms with Gasteiger partial charge in [-0.25, -0.2) is 9.97 Å². The molecule has 0 radical (unpaired) electrons. The lowest BCUT2D eigenvalue weighted by Crippen LogP contribution is -2.32. The Labute approximate surface area is 98.1 Å². The van der Waals surface area contributed by atoms with Crippen LogP contribution in [-0.4, -0.2) is 29.1 Å². The number of nitrogens with one attached hydrogen (secondary N) is 1. The van der Waals surface area contributed by atoms with Gasteiger partial charge in [-0.3, -0.25) is 0 Å². The Balaban J connectivity index is 2.86. The lowest BCUT2D eigenvalue weighted by molar-refractivity contribution is 0.661. The fraction of sp³-hybridized carbons (Fsp3) is 0.667. The number of aromatic nitrogens is 2. The van der Waals surface area contributed by atoms with Gasteiger partial charge >= 0.3 is 0 Å². The van der Waals surface area contributed by atoms with Gasteiger partial charge in [-0.05, 0) is 27.2 Å². The van der Waals surface area contributed by atoms with Crippen molar-refractivity contribution in [2.75, 3.05) is 23.3 Å². The minimum atomic E-state index is 0.462. The first-order valence-electron chi connectivity index (χ1n) is 6.01. The molecule has 0 aliphatic heterocycles. The second-order valence-corrected chi connectivity index (χ2v) is 4.08. The Morgan fingerprint density at radius 1 is 1.31 bits per heavy atom. The highest BCUT2D eigenvalue weighted by Crippen LogP contribution is 2.16. The maximum Gasteiger partial charge on any atom is 0.134 e. The summed E-state index contributed by atoms with van der Waals surface area (Å²) < 4.78 is 0. The molecule has 0 aliphatic carbocycles. The summed E-state index contributed by atoms with van der Waals surface area (Å²) >= 11 is 0. The molecule has 1 heterocycles. The average Bonchev–Trinajstić information content (AvgIpc) is 2.26. The van der Waals surface area contributed by atoms with E-state index in [0.717, 1.165) is 31.1 Å². The van der Waals surface area contributed by atoms with Crippen LogP contribution in [0.1, 0.15) is 34.1 Å². The Kier molecular flexibility index (Phi) is 5.02. The van der Waals surface area contributed by atoms with Crippen molar-refractivity contribution >= 4 is 11.6 Å². The monoisotopic (exact) mass is 222 g/mol. The maximum absolute atomic E-state index is 4.34. The normalized spacial score (nSPS) is 10.6. The van der Waals surface area contributed by atoms with Crippen LogP contribution in [0.15, 0.2) is 12.4 Å². The van der Waals surface area contributed by atoms with E-state index < -0.39 is 0 Å². The maximum atomic E-state index is 4.34. The third-order valence-electron chi connectivity index (χ3n) is 2.39. The molecule has 1 rings (SSSR count). The van der Waals surface area contributed by atoms with E-state index in [1.807, 2.05) is 6.07 Å². The fourth-order valence-corrected chi connectivity index (χ4v) is 1.66. The van der Waals surface area contributed by atoms with Crippen molar-refractivity contribution in [3.8, 4) is 0 Å². The summed E-state index contributed by atoms with van der Waals surface area (Å²) in [5.41, 5.74) is 0. The lowest BCUT2D eigenvalue weighted by Gasteiger charge is -2.27. The van der Waals surface area contributed by atoms with E-state index in [4.69, 9.17) is 0 Å². The zero-order chi connectivity index (χ0) is 12.0. The van der Waals surface area contributed by atoms with Crippen molar-refractivity contribution in [2.24, 2.45) is 0 Å². The van der Waals surface area contributed by atoms with E-state index in [-0.39, 0.29) is 0 Å². The molecule has 4 heteroatoms. The van der Waals surface area contributed by atoms with E-state index in [9.17, 15) is 0 Å². The Morgan fingerprint density at radius 3 is 2.62 bits per heavy atom. The predicted molar refractivity (Wildman–Crippen MR) is 69.0 cm³/mol. The van der Waals surface area contributed by atoms with E-state index in [1.165, 1.54) is 0 Å². The molecule has 16 heavy (non-hydrogen) atoms. The quantitative estimate of drug-likeness (QED) is 0.803. The summed E-state index contributed by atoms with van der Waals surface area (Å²) in [4.78, 5) is 10.8. The van der Waals surface area contributed by atoms with Crippen LogP contribution >= 0.6 is 0 Å². The van der Waals surface area contributed by atoms with Crippen LogP contribution in [-0.2, 0) is 0 Å². The smallest absolute Gasteiger partial charge is 0.134 e. The Hall–Kier alpha value is -1.32. The molecule has 90 valence electrons. The van der Waals surface area contributed by atoms with Crippen LogP contribution in [0.25, 0.3) is 0 Å². The van der Waals surface area contributed by atoms with Gasteiger partial charge in [0.05, 0.1) is 0 Å². The number of rotatable bonds is 6. The van der Waals surface area contributed by atoms with Crippen LogP contribution in [0.2, 0.25) is 0 Å². The summed E-state index contributed by atoms with van der Waals surface area (Å²) in [5.74, 6) is 1.90. The molecule has 0 aromatic carbocycles. The van der Waals surface area contributed by atoms with Gasteiger partial charge < -0.3 is 10.2 Å². The topological polar surface area (TPSA) is 41.0 Å². The third kappa shape index (κ3) is 3.36. The third-order valence-corrected chi connectivity index (χ3v) is 2.39. The van der Waals surface area contributed by atoms with Gasteiger partial charge in [-0.1, -0.05) is 6.92 Å². The minimum absolute atomic E-state index is 0.462. The highest BCUT2D eigenvalue weighted by atomic mass is 15.2. The minimum Gasteiger partial charge on any atom is -0.370 e. The molecule has 0 unspecified atom stereocenters.